The van der Waals surface area contributed by atoms with Gasteiger partial charge in [0.05, 0.1) is 22.1 Å². The number of benzene rings is 1. The van der Waals surface area contributed by atoms with Crippen LogP contribution in [0.5, 0.6) is 0 Å². The Kier molecular flexibility index (Phi) is 4.31. The van der Waals surface area contributed by atoms with Gasteiger partial charge in [-0.2, -0.15) is 0 Å². The van der Waals surface area contributed by atoms with Crippen molar-refractivity contribution in [3.05, 3.63) is 57.5 Å². The molecule has 0 saturated carbocycles. The number of rotatable bonds is 5. The minimum atomic E-state index is -3.93. The molecular formula is C12H11ClN2O5S. The topological polar surface area (TPSA) is 102 Å². The van der Waals surface area contributed by atoms with Crippen molar-refractivity contribution in [2.45, 2.75) is 17.9 Å². The average Bonchev–Trinajstić information content (AvgIpc) is 2.92. The molecule has 7 nitrogen and oxygen atoms in total. The van der Waals surface area contributed by atoms with Gasteiger partial charge in [-0.25, -0.2) is 13.1 Å². The van der Waals surface area contributed by atoms with E-state index in [1.54, 1.807) is 19.1 Å². The molecule has 2 aromatic rings. The lowest BCUT2D eigenvalue weighted by Crippen LogP contribution is -2.26. The number of sulfonamides is 1. The first-order valence-electron chi connectivity index (χ1n) is 5.81. The lowest BCUT2D eigenvalue weighted by atomic mass is 10.3. The zero-order valence-corrected chi connectivity index (χ0v) is 12.4. The van der Waals surface area contributed by atoms with Crippen LogP contribution in [0.25, 0.3) is 0 Å². The summed E-state index contributed by atoms with van der Waals surface area (Å²) in [7, 11) is -3.93. The molecule has 1 atom stereocenters. The van der Waals surface area contributed by atoms with Gasteiger partial charge in [-0.3, -0.25) is 10.1 Å². The van der Waals surface area contributed by atoms with E-state index < -0.39 is 26.7 Å². The summed E-state index contributed by atoms with van der Waals surface area (Å²) in [5, 5.41) is 10.7. The maximum absolute atomic E-state index is 12.2. The highest BCUT2D eigenvalue weighted by molar-refractivity contribution is 7.89. The van der Waals surface area contributed by atoms with E-state index >= 15 is 0 Å². The molecular weight excluding hydrogens is 320 g/mol. The van der Waals surface area contributed by atoms with Gasteiger partial charge in [0.2, 0.25) is 10.0 Å². The molecule has 0 aliphatic rings. The van der Waals surface area contributed by atoms with Gasteiger partial charge in [-0.15, -0.1) is 0 Å². The van der Waals surface area contributed by atoms with E-state index in [1.165, 1.54) is 18.4 Å². The fourth-order valence-electron chi connectivity index (χ4n) is 1.70. The van der Waals surface area contributed by atoms with Gasteiger partial charge in [0.15, 0.2) is 0 Å². The fraction of sp³-hybridized carbons (Fsp3) is 0.167. The standard InChI is InChI=1S/C12H11ClN2O5S/c1-8(12-3-2-6-20-12)14-21(18,19)9-4-5-10(13)11(7-9)15(16)17/h2-8,14H,1H3. The fourth-order valence-corrected chi connectivity index (χ4v) is 3.11. The molecule has 0 radical (unpaired) electrons. The highest BCUT2D eigenvalue weighted by atomic mass is 35.5. The van der Waals surface area contributed by atoms with Gasteiger partial charge in [0.1, 0.15) is 10.8 Å². The zero-order valence-electron chi connectivity index (χ0n) is 10.8. The Morgan fingerprint density at radius 3 is 2.67 bits per heavy atom. The molecule has 112 valence electrons. The second kappa shape index (κ2) is 5.84. The average molecular weight is 331 g/mol. The predicted molar refractivity (Wildman–Crippen MR) is 75.6 cm³/mol. The van der Waals surface area contributed by atoms with Crippen molar-refractivity contribution in [2.24, 2.45) is 0 Å². The van der Waals surface area contributed by atoms with Gasteiger partial charge in [-0.1, -0.05) is 11.6 Å². The van der Waals surface area contributed by atoms with E-state index in [0.717, 1.165) is 6.07 Å². The Labute approximate surface area is 125 Å². The quantitative estimate of drug-likeness (QED) is 0.670. The summed E-state index contributed by atoms with van der Waals surface area (Å²) in [6, 6.07) is 5.93. The summed E-state index contributed by atoms with van der Waals surface area (Å²) in [6.07, 6.45) is 1.42. The maximum atomic E-state index is 12.2. The van der Waals surface area contributed by atoms with Crippen LogP contribution in [-0.4, -0.2) is 13.3 Å². The Morgan fingerprint density at radius 1 is 1.38 bits per heavy atom. The Hall–Kier alpha value is -1.90. The van der Waals surface area contributed by atoms with Crippen molar-refractivity contribution in [3.63, 3.8) is 0 Å². The van der Waals surface area contributed by atoms with E-state index in [2.05, 4.69) is 4.72 Å². The van der Waals surface area contributed by atoms with E-state index in [4.69, 9.17) is 16.0 Å². The highest BCUT2D eigenvalue weighted by Gasteiger charge is 2.23. The zero-order chi connectivity index (χ0) is 15.6. The molecule has 0 saturated heterocycles. The molecule has 1 unspecified atom stereocenters. The number of nitro benzene ring substituents is 1. The van der Waals surface area contributed by atoms with E-state index in [-0.39, 0.29) is 9.92 Å². The van der Waals surface area contributed by atoms with Crippen molar-refractivity contribution < 1.29 is 17.8 Å². The van der Waals surface area contributed by atoms with Crippen LogP contribution in [0.3, 0.4) is 0 Å². The monoisotopic (exact) mass is 330 g/mol. The normalized spacial score (nSPS) is 13.0. The first-order chi connectivity index (χ1) is 9.81. The smallest absolute Gasteiger partial charge is 0.289 e. The van der Waals surface area contributed by atoms with Crippen molar-refractivity contribution in [2.75, 3.05) is 0 Å². The summed E-state index contributed by atoms with van der Waals surface area (Å²) in [4.78, 5) is 9.82. The number of hydrogen-bond donors (Lipinski definition) is 1. The minimum Gasteiger partial charge on any atom is -0.468 e. The first kappa shape index (κ1) is 15.5. The molecule has 2 rings (SSSR count). The van der Waals surface area contributed by atoms with Gasteiger partial charge in [-0.05, 0) is 31.2 Å². The van der Waals surface area contributed by atoms with Gasteiger partial charge < -0.3 is 4.42 Å². The van der Waals surface area contributed by atoms with Crippen molar-refractivity contribution in [1.82, 2.24) is 4.72 Å². The second-order valence-corrected chi connectivity index (χ2v) is 6.35. The maximum Gasteiger partial charge on any atom is 0.289 e. The largest absolute Gasteiger partial charge is 0.468 e. The molecule has 1 aromatic carbocycles. The molecule has 21 heavy (non-hydrogen) atoms. The summed E-state index contributed by atoms with van der Waals surface area (Å²) in [6.45, 7) is 1.60. The first-order valence-corrected chi connectivity index (χ1v) is 7.67. The third-order valence-electron chi connectivity index (χ3n) is 2.73. The summed E-state index contributed by atoms with van der Waals surface area (Å²) in [5.41, 5.74) is -0.467. The van der Waals surface area contributed by atoms with Crippen molar-refractivity contribution in [1.29, 1.82) is 0 Å². The number of hydrogen-bond acceptors (Lipinski definition) is 5. The van der Waals surface area contributed by atoms with Crippen LogP contribution in [0.1, 0.15) is 18.7 Å². The minimum absolute atomic E-state index is 0.127. The van der Waals surface area contributed by atoms with Crippen LogP contribution in [0.15, 0.2) is 45.9 Å². The number of nitrogens with one attached hydrogen (secondary N) is 1. The van der Waals surface area contributed by atoms with E-state index in [1.807, 2.05) is 0 Å². The second-order valence-electron chi connectivity index (χ2n) is 4.23. The third-order valence-corrected chi connectivity index (χ3v) is 4.58. The summed E-state index contributed by atoms with van der Waals surface area (Å²) in [5.74, 6) is 0.432. The number of nitrogens with zero attached hydrogens (tertiary/aromatic N) is 1. The molecule has 9 heteroatoms. The lowest BCUT2D eigenvalue weighted by molar-refractivity contribution is -0.384. The van der Waals surface area contributed by atoms with Crippen molar-refractivity contribution >= 4 is 27.3 Å². The molecule has 0 fully saturated rings. The summed E-state index contributed by atoms with van der Waals surface area (Å²) < 4.78 is 31.9. The predicted octanol–water partition coefficient (Wildman–Crippen LogP) is 2.88. The van der Waals surface area contributed by atoms with E-state index in [0.29, 0.717) is 5.76 Å². The van der Waals surface area contributed by atoms with Crippen LogP contribution >= 0.6 is 11.6 Å². The van der Waals surface area contributed by atoms with Crippen LogP contribution in [0.2, 0.25) is 5.02 Å². The Morgan fingerprint density at radius 2 is 2.10 bits per heavy atom. The Balaban J connectivity index is 2.32. The van der Waals surface area contributed by atoms with Crippen LogP contribution < -0.4 is 4.72 Å². The molecule has 0 amide bonds. The van der Waals surface area contributed by atoms with Gasteiger partial charge in [0, 0.05) is 6.07 Å². The number of halogens is 1. The molecule has 0 aliphatic heterocycles. The SMILES string of the molecule is CC(NS(=O)(=O)c1ccc(Cl)c([N+](=O)[O-])c1)c1ccco1. The van der Waals surface area contributed by atoms with Crippen LogP contribution in [0.4, 0.5) is 5.69 Å². The number of nitro groups is 1. The van der Waals surface area contributed by atoms with E-state index in [9.17, 15) is 18.5 Å². The van der Waals surface area contributed by atoms with Gasteiger partial charge >= 0.3 is 0 Å². The van der Waals surface area contributed by atoms with Crippen LogP contribution in [0, 0.1) is 10.1 Å². The highest BCUT2D eigenvalue weighted by Crippen LogP contribution is 2.27. The molecule has 1 aromatic heterocycles. The summed E-state index contributed by atoms with van der Waals surface area (Å²) >= 11 is 5.66. The molecule has 0 bridgehead atoms. The lowest BCUT2D eigenvalue weighted by Gasteiger charge is -2.12. The Bertz CT molecular complexity index is 758. The number of furan rings is 1. The van der Waals surface area contributed by atoms with Gasteiger partial charge in [0.25, 0.3) is 5.69 Å². The van der Waals surface area contributed by atoms with Crippen LogP contribution in [-0.2, 0) is 10.0 Å². The molecule has 0 spiro atoms. The molecule has 1 heterocycles. The molecule has 1 N–H and O–H groups in total. The van der Waals surface area contributed by atoms with Crippen molar-refractivity contribution in [3.8, 4) is 0 Å². The third kappa shape index (κ3) is 3.41. The molecule has 0 aliphatic carbocycles.